The lowest BCUT2D eigenvalue weighted by atomic mass is 9.97. The highest BCUT2D eigenvalue weighted by Crippen LogP contribution is 2.19. The molecule has 5 heteroatoms. The summed E-state index contributed by atoms with van der Waals surface area (Å²) in [5.41, 5.74) is 0. The van der Waals surface area contributed by atoms with Crippen molar-refractivity contribution in [1.82, 2.24) is 4.90 Å². The number of nitrogens with zero attached hydrogens (tertiary/aromatic N) is 1. The average molecular weight is 298 g/mol. The lowest BCUT2D eigenvalue weighted by Gasteiger charge is -2.30. The fourth-order valence-corrected chi connectivity index (χ4v) is 2.59. The maximum Gasteiger partial charge on any atom is 0.308 e. The molecule has 0 radical (unpaired) electrons. The Morgan fingerprint density at radius 2 is 2.15 bits per heavy atom. The molecule has 0 bridgehead atoms. The van der Waals surface area contributed by atoms with Crippen LogP contribution in [0.3, 0.4) is 0 Å². The molecule has 0 amide bonds. The molecule has 1 aromatic rings. The van der Waals surface area contributed by atoms with Crippen molar-refractivity contribution in [2.75, 3.05) is 33.4 Å². The van der Waals surface area contributed by atoms with Crippen molar-refractivity contribution >= 4 is 17.6 Å². The number of carbonyl (C=O) groups excluding carboxylic acids is 1. The molecule has 0 atom stereocenters. The summed E-state index contributed by atoms with van der Waals surface area (Å²) < 4.78 is 10.4. The van der Waals surface area contributed by atoms with Crippen LogP contribution in [0, 0.1) is 5.92 Å². The van der Waals surface area contributed by atoms with Gasteiger partial charge in [-0.3, -0.25) is 9.69 Å². The van der Waals surface area contributed by atoms with Gasteiger partial charge in [0, 0.05) is 11.6 Å². The van der Waals surface area contributed by atoms with Gasteiger partial charge in [0.25, 0.3) is 0 Å². The maximum atomic E-state index is 11.4. The van der Waals surface area contributed by atoms with Crippen molar-refractivity contribution in [2.24, 2.45) is 5.92 Å². The SMILES string of the molecule is COC(=O)C1CCN(CCOc2cccc(Cl)c2)CC1. The van der Waals surface area contributed by atoms with Gasteiger partial charge in [0.2, 0.25) is 0 Å². The quantitative estimate of drug-likeness (QED) is 0.783. The van der Waals surface area contributed by atoms with E-state index >= 15 is 0 Å². The van der Waals surface area contributed by atoms with E-state index in [1.807, 2.05) is 24.3 Å². The van der Waals surface area contributed by atoms with Gasteiger partial charge in [0.1, 0.15) is 12.4 Å². The summed E-state index contributed by atoms with van der Waals surface area (Å²) in [6.45, 7) is 3.32. The van der Waals surface area contributed by atoms with E-state index in [9.17, 15) is 4.79 Å². The molecular formula is C15H20ClNO3. The number of hydrogen-bond acceptors (Lipinski definition) is 4. The van der Waals surface area contributed by atoms with Crippen molar-refractivity contribution < 1.29 is 14.3 Å². The first-order valence-electron chi connectivity index (χ1n) is 6.87. The lowest BCUT2D eigenvalue weighted by molar-refractivity contribution is -0.147. The number of piperidine rings is 1. The zero-order valence-electron chi connectivity index (χ0n) is 11.7. The number of likely N-dealkylation sites (tertiary alicyclic amines) is 1. The molecule has 0 saturated carbocycles. The minimum absolute atomic E-state index is 0.0603. The fourth-order valence-electron chi connectivity index (χ4n) is 2.41. The summed E-state index contributed by atoms with van der Waals surface area (Å²) in [4.78, 5) is 13.7. The highest BCUT2D eigenvalue weighted by atomic mass is 35.5. The Morgan fingerprint density at radius 1 is 1.40 bits per heavy atom. The molecule has 1 saturated heterocycles. The van der Waals surface area contributed by atoms with Crippen LogP contribution in [-0.4, -0.2) is 44.2 Å². The molecule has 1 aliphatic heterocycles. The van der Waals surface area contributed by atoms with Gasteiger partial charge in [-0.15, -0.1) is 0 Å². The largest absolute Gasteiger partial charge is 0.492 e. The first-order chi connectivity index (χ1) is 9.69. The Labute approximate surface area is 124 Å². The van der Waals surface area contributed by atoms with Gasteiger partial charge < -0.3 is 9.47 Å². The highest BCUT2D eigenvalue weighted by molar-refractivity contribution is 6.30. The standard InChI is InChI=1S/C15H20ClNO3/c1-19-15(18)12-5-7-17(8-6-12)9-10-20-14-4-2-3-13(16)11-14/h2-4,11-12H,5-10H2,1H3. The van der Waals surface area contributed by atoms with E-state index in [1.165, 1.54) is 7.11 Å². The van der Waals surface area contributed by atoms with E-state index in [-0.39, 0.29) is 11.9 Å². The number of methoxy groups -OCH3 is 1. The number of ether oxygens (including phenoxy) is 2. The molecule has 1 fully saturated rings. The molecule has 110 valence electrons. The smallest absolute Gasteiger partial charge is 0.308 e. The van der Waals surface area contributed by atoms with Gasteiger partial charge in [0.15, 0.2) is 0 Å². The number of carbonyl (C=O) groups is 1. The molecule has 0 N–H and O–H groups in total. The summed E-state index contributed by atoms with van der Waals surface area (Å²) in [5, 5.41) is 0.682. The van der Waals surface area contributed by atoms with Crippen LogP contribution in [0.25, 0.3) is 0 Å². The van der Waals surface area contributed by atoms with Crippen molar-refractivity contribution in [1.29, 1.82) is 0 Å². The Hall–Kier alpha value is -1.26. The van der Waals surface area contributed by atoms with Crippen molar-refractivity contribution in [3.8, 4) is 5.75 Å². The van der Waals surface area contributed by atoms with Crippen LogP contribution in [0.1, 0.15) is 12.8 Å². The molecule has 1 aliphatic rings. The lowest BCUT2D eigenvalue weighted by Crippen LogP contribution is -2.38. The highest BCUT2D eigenvalue weighted by Gasteiger charge is 2.25. The molecule has 0 aliphatic carbocycles. The zero-order chi connectivity index (χ0) is 14.4. The van der Waals surface area contributed by atoms with Crippen LogP contribution in [0.5, 0.6) is 5.75 Å². The number of benzene rings is 1. The Balaban J connectivity index is 1.67. The molecule has 0 spiro atoms. The molecule has 0 aromatic heterocycles. The third-order valence-electron chi connectivity index (χ3n) is 3.59. The molecule has 20 heavy (non-hydrogen) atoms. The number of halogens is 1. The molecule has 2 rings (SSSR count). The van der Waals surface area contributed by atoms with Crippen molar-refractivity contribution in [2.45, 2.75) is 12.8 Å². The van der Waals surface area contributed by atoms with Crippen LogP contribution in [0.4, 0.5) is 0 Å². The van der Waals surface area contributed by atoms with E-state index in [1.54, 1.807) is 0 Å². The van der Waals surface area contributed by atoms with E-state index in [0.29, 0.717) is 11.6 Å². The predicted molar refractivity (Wildman–Crippen MR) is 78.1 cm³/mol. The van der Waals surface area contributed by atoms with Gasteiger partial charge >= 0.3 is 5.97 Å². The second-order valence-electron chi connectivity index (χ2n) is 4.94. The van der Waals surface area contributed by atoms with Crippen LogP contribution in [0.15, 0.2) is 24.3 Å². The Morgan fingerprint density at radius 3 is 2.80 bits per heavy atom. The first-order valence-corrected chi connectivity index (χ1v) is 7.25. The van der Waals surface area contributed by atoms with E-state index in [4.69, 9.17) is 21.1 Å². The van der Waals surface area contributed by atoms with Gasteiger partial charge in [-0.2, -0.15) is 0 Å². The fraction of sp³-hybridized carbons (Fsp3) is 0.533. The average Bonchev–Trinajstić information content (AvgIpc) is 2.47. The van der Waals surface area contributed by atoms with Crippen molar-refractivity contribution in [3.05, 3.63) is 29.3 Å². The molecule has 0 unspecified atom stereocenters. The van der Waals surface area contributed by atoms with Crippen LogP contribution in [0.2, 0.25) is 5.02 Å². The summed E-state index contributed by atoms with van der Waals surface area (Å²) in [6.07, 6.45) is 1.73. The number of rotatable bonds is 5. The molecule has 1 heterocycles. The maximum absolute atomic E-state index is 11.4. The third-order valence-corrected chi connectivity index (χ3v) is 3.83. The van der Waals surface area contributed by atoms with Crippen LogP contribution in [-0.2, 0) is 9.53 Å². The van der Waals surface area contributed by atoms with Crippen molar-refractivity contribution in [3.63, 3.8) is 0 Å². The van der Waals surface area contributed by atoms with Gasteiger partial charge in [0.05, 0.1) is 13.0 Å². The zero-order valence-corrected chi connectivity index (χ0v) is 12.4. The monoisotopic (exact) mass is 297 g/mol. The number of esters is 1. The van der Waals surface area contributed by atoms with Gasteiger partial charge in [-0.1, -0.05) is 17.7 Å². The second-order valence-corrected chi connectivity index (χ2v) is 5.38. The van der Waals surface area contributed by atoms with Gasteiger partial charge in [-0.25, -0.2) is 0 Å². The first kappa shape index (κ1) is 15.1. The van der Waals surface area contributed by atoms with Crippen LogP contribution < -0.4 is 4.74 Å². The van der Waals surface area contributed by atoms with E-state index < -0.39 is 0 Å². The summed E-state index contributed by atoms with van der Waals surface area (Å²) in [7, 11) is 1.45. The van der Waals surface area contributed by atoms with Gasteiger partial charge in [-0.05, 0) is 44.1 Å². The van der Waals surface area contributed by atoms with E-state index in [2.05, 4.69) is 4.90 Å². The summed E-state index contributed by atoms with van der Waals surface area (Å²) >= 11 is 5.90. The van der Waals surface area contributed by atoms with E-state index in [0.717, 1.165) is 38.2 Å². The Kier molecular flexibility index (Phi) is 5.68. The van der Waals surface area contributed by atoms with Crippen LogP contribution >= 0.6 is 11.6 Å². The predicted octanol–water partition coefficient (Wildman–Crippen LogP) is 2.60. The Bertz CT molecular complexity index is 444. The summed E-state index contributed by atoms with van der Waals surface area (Å²) in [5.74, 6) is 0.770. The normalized spacial score (nSPS) is 16.9. The molecule has 4 nitrogen and oxygen atoms in total. The summed E-state index contributed by atoms with van der Waals surface area (Å²) in [6, 6.07) is 7.41. The molecule has 1 aromatic carbocycles. The topological polar surface area (TPSA) is 38.8 Å². The minimum Gasteiger partial charge on any atom is -0.492 e. The minimum atomic E-state index is -0.0835. The second kappa shape index (κ2) is 7.50. The number of hydrogen-bond donors (Lipinski definition) is 0. The third kappa shape index (κ3) is 4.39. The molecular weight excluding hydrogens is 278 g/mol.